The molecule has 1 aliphatic rings. The van der Waals surface area contributed by atoms with Crippen LogP contribution in [0.3, 0.4) is 0 Å². The van der Waals surface area contributed by atoms with E-state index in [-0.39, 0.29) is 17.7 Å². The van der Waals surface area contributed by atoms with Crippen molar-refractivity contribution in [2.75, 3.05) is 33.5 Å². The lowest BCUT2D eigenvalue weighted by atomic mass is 9.86. The van der Waals surface area contributed by atoms with Crippen LogP contribution >= 0.6 is 0 Å². The zero-order valence-electron chi connectivity index (χ0n) is 12.3. The van der Waals surface area contributed by atoms with Crippen molar-refractivity contribution >= 4 is 0 Å². The maximum atomic E-state index is 5.85. The maximum absolute atomic E-state index is 5.85. The van der Waals surface area contributed by atoms with E-state index < -0.39 is 0 Å². The molecule has 0 spiro atoms. The van der Waals surface area contributed by atoms with Crippen molar-refractivity contribution in [2.45, 2.75) is 57.8 Å². The highest BCUT2D eigenvalue weighted by molar-refractivity contribution is 4.95. The minimum atomic E-state index is -0.137. The van der Waals surface area contributed by atoms with Gasteiger partial charge in [0.05, 0.1) is 24.4 Å². The number of nitrogens with one attached hydrogen (secondary N) is 1. The van der Waals surface area contributed by atoms with Crippen LogP contribution in [0, 0.1) is 0 Å². The summed E-state index contributed by atoms with van der Waals surface area (Å²) in [6.07, 6.45) is 3.25. The number of hydrogen-bond acceptors (Lipinski definition) is 4. The Kier molecular flexibility index (Phi) is 7.15. The first-order valence-corrected chi connectivity index (χ1v) is 7.12. The lowest BCUT2D eigenvalue weighted by Crippen LogP contribution is -2.57. The van der Waals surface area contributed by atoms with E-state index >= 15 is 0 Å². The lowest BCUT2D eigenvalue weighted by molar-refractivity contribution is -0.125. The molecule has 4 nitrogen and oxygen atoms in total. The van der Waals surface area contributed by atoms with Gasteiger partial charge >= 0.3 is 0 Å². The van der Waals surface area contributed by atoms with Crippen molar-refractivity contribution in [3.63, 3.8) is 0 Å². The monoisotopic (exact) mass is 259 g/mol. The van der Waals surface area contributed by atoms with E-state index in [1.807, 2.05) is 0 Å². The summed E-state index contributed by atoms with van der Waals surface area (Å²) in [6, 6.07) is 0.244. The molecular formula is C14H29NO3. The summed E-state index contributed by atoms with van der Waals surface area (Å²) in [7, 11) is 1.81. The van der Waals surface area contributed by atoms with Crippen molar-refractivity contribution < 1.29 is 14.2 Å². The van der Waals surface area contributed by atoms with Gasteiger partial charge in [-0.15, -0.1) is 0 Å². The van der Waals surface area contributed by atoms with Crippen LogP contribution in [0.25, 0.3) is 0 Å². The van der Waals surface area contributed by atoms with Crippen LogP contribution < -0.4 is 5.32 Å². The van der Waals surface area contributed by atoms with E-state index in [0.717, 1.165) is 39.0 Å². The molecular weight excluding hydrogens is 230 g/mol. The third-order valence-electron chi connectivity index (χ3n) is 3.62. The molecule has 1 saturated heterocycles. The summed E-state index contributed by atoms with van der Waals surface area (Å²) >= 11 is 0. The Balaban J connectivity index is 2.64. The molecule has 18 heavy (non-hydrogen) atoms. The molecule has 4 heteroatoms. The Morgan fingerprint density at radius 2 is 1.94 bits per heavy atom. The molecule has 0 aliphatic carbocycles. The summed E-state index contributed by atoms with van der Waals surface area (Å²) in [5.74, 6) is 0. The van der Waals surface area contributed by atoms with Crippen LogP contribution in [0.4, 0.5) is 0 Å². The van der Waals surface area contributed by atoms with Gasteiger partial charge in [-0.1, -0.05) is 6.92 Å². The van der Waals surface area contributed by atoms with Gasteiger partial charge < -0.3 is 19.5 Å². The fourth-order valence-electron chi connectivity index (χ4n) is 2.42. The molecule has 0 aromatic rings. The minimum Gasteiger partial charge on any atom is -0.381 e. The van der Waals surface area contributed by atoms with Gasteiger partial charge in [-0.05, 0) is 26.8 Å². The van der Waals surface area contributed by atoms with Gasteiger partial charge in [-0.3, -0.25) is 0 Å². The lowest BCUT2D eigenvalue weighted by Gasteiger charge is -2.42. The van der Waals surface area contributed by atoms with Crippen molar-refractivity contribution in [3.8, 4) is 0 Å². The Hall–Kier alpha value is -0.160. The Bertz CT molecular complexity index is 215. The molecule has 1 fully saturated rings. The zero-order chi connectivity index (χ0) is 13.4. The van der Waals surface area contributed by atoms with Crippen molar-refractivity contribution in [1.29, 1.82) is 0 Å². The average molecular weight is 259 g/mol. The van der Waals surface area contributed by atoms with Gasteiger partial charge in [0, 0.05) is 33.2 Å². The second-order valence-electron chi connectivity index (χ2n) is 5.27. The van der Waals surface area contributed by atoms with E-state index in [0.29, 0.717) is 6.61 Å². The molecule has 1 aliphatic heterocycles. The molecule has 0 saturated carbocycles. The predicted octanol–water partition coefficient (Wildman–Crippen LogP) is 1.98. The van der Waals surface area contributed by atoms with Gasteiger partial charge in [0.2, 0.25) is 0 Å². The van der Waals surface area contributed by atoms with Crippen LogP contribution in [0.2, 0.25) is 0 Å². The van der Waals surface area contributed by atoms with Gasteiger partial charge in [-0.2, -0.15) is 0 Å². The molecule has 1 atom stereocenters. The predicted molar refractivity (Wildman–Crippen MR) is 73.0 cm³/mol. The second kappa shape index (κ2) is 8.10. The van der Waals surface area contributed by atoms with Crippen LogP contribution in [0.15, 0.2) is 0 Å². The molecule has 0 radical (unpaired) electrons. The van der Waals surface area contributed by atoms with Gasteiger partial charge in [0.15, 0.2) is 0 Å². The first kappa shape index (κ1) is 15.9. The molecule has 1 unspecified atom stereocenters. The highest BCUT2D eigenvalue weighted by Crippen LogP contribution is 2.28. The smallest absolute Gasteiger partial charge is 0.0897 e. The zero-order valence-corrected chi connectivity index (χ0v) is 12.3. The van der Waals surface area contributed by atoms with Crippen molar-refractivity contribution in [3.05, 3.63) is 0 Å². The van der Waals surface area contributed by atoms with Crippen molar-refractivity contribution in [1.82, 2.24) is 5.32 Å². The molecule has 1 rings (SSSR count). The average Bonchev–Trinajstić information content (AvgIpc) is 2.39. The van der Waals surface area contributed by atoms with E-state index in [4.69, 9.17) is 14.2 Å². The number of hydrogen-bond donors (Lipinski definition) is 1. The third-order valence-corrected chi connectivity index (χ3v) is 3.62. The van der Waals surface area contributed by atoms with Crippen LogP contribution in [-0.4, -0.2) is 51.2 Å². The van der Waals surface area contributed by atoms with Gasteiger partial charge in [0.1, 0.15) is 0 Å². The SMILES string of the molecule is CCCNC(COC(C)C)C1(OC)CCOCC1. The van der Waals surface area contributed by atoms with Crippen LogP contribution in [0.5, 0.6) is 0 Å². The largest absolute Gasteiger partial charge is 0.381 e. The van der Waals surface area contributed by atoms with Gasteiger partial charge in [-0.25, -0.2) is 0 Å². The molecule has 108 valence electrons. The molecule has 0 amide bonds. The first-order chi connectivity index (χ1) is 8.64. The van der Waals surface area contributed by atoms with Crippen molar-refractivity contribution in [2.24, 2.45) is 0 Å². The molecule has 0 bridgehead atoms. The Labute approximate surface area is 111 Å². The number of methoxy groups -OCH3 is 1. The van der Waals surface area contributed by atoms with E-state index in [2.05, 4.69) is 26.1 Å². The fraction of sp³-hybridized carbons (Fsp3) is 1.00. The maximum Gasteiger partial charge on any atom is 0.0897 e. The molecule has 1 N–H and O–H groups in total. The molecule has 1 heterocycles. The van der Waals surface area contributed by atoms with Crippen LogP contribution in [-0.2, 0) is 14.2 Å². The standard InChI is InChI=1S/C14H29NO3/c1-5-8-15-13(11-18-12(2)3)14(16-4)6-9-17-10-7-14/h12-13,15H,5-11H2,1-4H3. The molecule has 0 aromatic carbocycles. The summed E-state index contributed by atoms with van der Waals surface area (Å²) < 4.78 is 17.1. The Morgan fingerprint density at radius 3 is 2.44 bits per heavy atom. The second-order valence-corrected chi connectivity index (χ2v) is 5.27. The summed E-state index contributed by atoms with van der Waals surface area (Å²) in [4.78, 5) is 0. The van der Waals surface area contributed by atoms with E-state index in [1.165, 1.54) is 0 Å². The summed E-state index contributed by atoms with van der Waals surface area (Å²) in [5.41, 5.74) is -0.137. The van der Waals surface area contributed by atoms with E-state index in [1.54, 1.807) is 7.11 Å². The third kappa shape index (κ3) is 4.50. The molecule has 0 aromatic heterocycles. The highest BCUT2D eigenvalue weighted by Gasteiger charge is 2.40. The van der Waals surface area contributed by atoms with Gasteiger partial charge in [0.25, 0.3) is 0 Å². The highest BCUT2D eigenvalue weighted by atomic mass is 16.5. The first-order valence-electron chi connectivity index (χ1n) is 7.12. The fourth-order valence-corrected chi connectivity index (χ4v) is 2.42. The Morgan fingerprint density at radius 1 is 1.28 bits per heavy atom. The quantitative estimate of drug-likeness (QED) is 0.723. The van der Waals surface area contributed by atoms with E-state index in [9.17, 15) is 0 Å². The number of ether oxygens (including phenoxy) is 3. The van der Waals surface area contributed by atoms with Crippen LogP contribution in [0.1, 0.15) is 40.0 Å². The minimum absolute atomic E-state index is 0.137. The summed E-state index contributed by atoms with van der Waals surface area (Å²) in [5, 5.41) is 3.58. The topological polar surface area (TPSA) is 39.7 Å². The number of rotatable bonds is 8. The normalized spacial score (nSPS) is 21.2. The summed E-state index contributed by atoms with van der Waals surface area (Å²) in [6.45, 7) is 9.57.